The number of ether oxygens (including phenoxy) is 1. The fourth-order valence-electron chi connectivity index (χ4n) is 5.52. The van der Waals surface area contributed by atoms with Crippen LogP contribution in [-0.4, -0.2) is 49.3 Å². The number of halogens is 3. The molecule has 2 heterocycles. The number of fused-ring (bicyclic) bond motifs is 1. The summed E-state index contributed by atoms with van der Waals surface area (Å²) in [6.07, 6.45) is 2.31. The van der Waals surface area contributed by atoms with Gasteiger partial charge in [0.15, 0.2) is 0 Å². The van der Waals surface area contributed by atoms with Gasteiger partial charge in [-0.25, -0.2) is 0 Å². The van der Waals surface area contributed by atoms with Gasteiger partial charge >= 0.3 is 6.18 Å². The van der Waals surface area contributed by atoms with Crippen LogP contribution in [0.5, 0.6) is 5.75 Å². The minimum Gasteiger partial charge on any atom is -0.493 e. The molecule has 7 heteroatoms. The summed E-state index contributed by atoms with van der Waals surface area (Å²) in [5.74, 6) is 1.42. The summed E-state index contributed by atoms with van der Waals surface area (Å²) in [6, 6.07) is 6.38. The van der Waals surface area contributed by atoms with Crippen molar-refractivity contribution >= 4 is 5.91 Å². The normalized spacial score (nSPS) is 25.1. The van der Waals surface area contributed by atoms with E-state index in [9.17, 15) is 18.0 Å². The Bertz CT molecular complexity index is 752. The number of likely N-dealkylation sites (tertiary alicyclic amines) is 1. The highest BCUT2D eigenvalue weighted by atomic mass is 19.4. The minimum absolute atomic E-state index is 0.0987. The highest BCUT2D eigenvalue weighted by molar-refractivity contribution is 5.76. The van der Waals surface area contributed by atoms with E-state index in [1.807, 2.05) is 0 Å². The summed E-state index contributed by atoms with van der Waals surface area (Å²) in [6.45, 7) is 4.15. The molecule has 1 aromatic carbocycles. The van der Waals surface area contributed by atoms with Gasteiger partial charge in [-0.05, 0) is 88.0 Å². The van der Waals surface area contributed by atoms with Crippen LogP contribution in [0.4, 0.5) is 13.2 Å². The molecule has 0 radical (unpaired) electrons. The van der Waals surface area contributed by atoms with Crippen molar-refractivity contribution in [1.82, 2.24) is 10.2 Å². The molecule has 2 aliphatic heterocycles. The maximum atomic E-state index is 12.3. The fourth-order valence-corrected chi connectivity index (χ4v) is 5.52. The number of nitrogens with zero attached hydrogens (tertiary/aromatic N) is 1. The van der Waals surface area contributed by atoms with Gasteiger partial charge in [-0.1, -0.05) is 12.1 Å². The molecule has 31 heavy (non-hydrogen) atoms. The van der Waals surface area contributed by atoms with Crippen molar-refractivity contribution in [3.05, 3.63) is 29.3 Å². The van der Waals surface area contributed by atoms with E-state index in [-0.39, 0.29) is 6.04 Å². The second-order valence-corrected chi connectivity index (χ2v) is 9.40. The average molecular weight is 439 g/mol. The van der Waals surface area contributed by atoms with Gasteiger partial charge in [0.05, 0.1) is 6.61 Å². The molecular weight excluding hydrogens is 405 g/mol. The lowest BCUT2D eigenvalue weighted by molar-refractivity contribution is -0.154. The van der Waals surface area contributed by atoms with Crippen LogP contribution in [0.3, 0.4) is 0 Å². The van der Waals surface area contributed by atoms with E-state index in [1.54, 1.807) is 0 Å². The third-order valence-corrected chi connectivity index (χ3v) is 7.23. The first-order valence-electron chi connectivity index (χ1n) is 11.7. The molecule has 4 rings (SSSR count). The number of amides is 1. The Morgan fingerprint density at radius 3 is 2.55 bits per heavy atom. The zero-order valence-electron chi connectivity index (χ0n) is 18.1. The molecule has 2 fully saturated rings. The number of alkyl halides is 3. The van der Waals surface area contributed by atoms with Crippen LogP contribution in [0.1, 0.15) is 68.4 Å². The Labute approximate surface area is 182 Å². The molecule has 0 aromatic heterocycles. The van der Waals surface area contributed by atoms with Crippen molar-refractivity contribution < 1.29 is 22.7 Å². The molecule has 1 saturated heterocycles. The second-order valence-electron chi connectivity index (χ2n) is 9.40. The SMILES string of the molecule is O=C(CC(F)(F)F)NC1CCC(CCN2CCC(c3cccc4c3CCO4)CC2)CC1. The van der Waals surface area contributed by atoms with Crippen LogP contribution in [0, 0.1) is 5.92 Å². The van der Waals surface area contributed by atoms with E-state index in [0.29, 0.717) is 11.8 Å². The lowest BCUT2D eigenvalue weighted by atomic mass is 9.83. The monoisotopic (exact) mass is 438 g/mol. The minimum atomic E-state index is -4.43. The van der Waals surface area contributed by atoms with Crippen molar-refractivity contribution in [2.24, 2.45) is 5.92 Å². The molecule has 1 saturated carbocycles. The smallest absolute Gasteiger partial charge is 0.397 e. The Morgan fingerprint density at radius 1 is 1.10 bits per heavy atom. The Kier molecular flexibility index (Phi) is 7.09. The van der Waals surface area contributed by atoms with Crippen LogP contribution in [-0.2, 0) is 11.2 Å². The van der Waals surface area contributed by atoms with Gasteiger partial charge in [-0.2, -0.15) is 13.2 Å². The Hall–Kier alpha value is -1.76. The number of hydrogen-bond donors (Lipinski definition) is 1. The molecule has 1 amide bonds. The molecule has 1 N–H and O–H groups in total. The molecule has 0 unspecified atom stereocenters. The zero-order chi connectivity index (χ0) is 21.8. The summed E-state index contributed by atoms with van der Waals surface area (Å²) in [5, 5.41) is 2.56. The fraction of sp³-hybridized carbons (Fsp3) is 0.708. The summed E-state index contributed by atoms with van der Waals surface area (Å²) in [7, 11) is 0. The highest BCUT2D eigenvalue weighted by Crippen LogP contribution is 2.37. The number of hydrogen-bond acceptors (Lipinski definition) is 3. The molecule has 3 aliphatic rings. The lowest BCUT2D eigenvalue weighted by Gasteiger charge is -2.35. The number of nitrogens with one attached hydrogen (secondary N) is 1. The van der Waals surface area contributed by atoms with Crippen molar-refractivity contribution in [2.45, 2.75) is 75.9 Å². The van der Waals surface area contributed by atoms with Crippen LogP contribution >= 0.6 is 0 Å². The van der Waals surface area contributed by atoms with E-state index in [1.165, 1.54) is 24.0 Å². The van der Waals surface area contributed by atoms with Gasteiger partial charge in [0.1, 0.15) is 12.2 Å². The Morgan fingerprint density at radius 2 is 1.84 bits per heavy atom. The maximum Gasteiger partial charge on any atom is 0.397 e. The molecule has 1 aliphatic carbocycles. The van der Waals surface area contributed by atoms with E-state index in [0.717, 1.165) is 70.5 Å². The number of carbonyl (C=O) groups is 1. The quantitative estimate of drug-likeness (QED) is 0.693. The third-order valence-electron chi connectivity index (χ3n) is 7.23. The molecule has 1 aromatic rings. The summed E-state index contributed by atoms with van der Waals surface area (Å²) in [4.78, 5) is 14.1. The van der Waals surface area contributed by atoms with Gasteiger partial charge in [0.2, 0.25) is 5.91 Å². The van der Waals surface area contributed by atoms with E-state index >= 15 is 0 Å². The van der Waals surface area contributed by atoms with Crippen molar-refractivity contribution in [3.63, 3.8) is 0 Å². The van der Waals surface area contributed by atoms with Gasteiger partial charge < -0.3 is 15.0 Å². The molecule has 0 atom stereocenters. The zero-order valence-corrected chi connectivity index (χ0v) is 18.1. The number of carbonyl (C=O) groups excluding carboxylic acids is 1. The summed E-state index contributed by atoms with van der Waals surface area (Å²) in [5.41, 5.74) is 2.90. The predicted molar refractivity (Wildman–Crippen MR) is 113 cm³/mol. The first kappa shape index (κ1) is 22.4. The van der Waals surface area contributed by atoms with E-state index in [2.05, 4.69) is 28.4 Å². The molecule has 0 spiro atoms. The van der Waals surface area contributed by atoms with Crippen molar-refractivity contribution in [3.8, 4) is 5.75 Å². The Balaban J connectivity index is 1.15. The van der Waals surface area contributed by atoms with Crippen LogP contribution in [0.2, 0.25) is 0 Å². The largest absolute Gasteiger partial charge is 0.493 e. The second kappa shape index (κ2) is 9.80. The summed E-state index contributed by atoms with van der Waals surface area (Å²) < 4.78 is 42.6. The molecule has 4 nitrogen and oxygen atoms in total. The predicted octanol–water partition coefficient (Wildman–Crippen LogP) is 4.82. The van der Waals surface area contributed by atoms with Gasteiger partial charge in [0, 0.05) is 18.0 Å². The van der Waals surface area contributed by atoms with Crippen molar-refractivity contribution in [2.75, 3.05) is 26.2 Å². The first-order chi connectivity index (χ1) is 14.9. The molecule has 172 valence electrons. The number of benzene rings is 1. The number of rotatable bonds is 6. The maximum absolute atomic E-state index is 12.3. The third kappa shape index (κ3) is 6.15. The topological polar surface area (TPSA) is 41.6 Å². The van der Waals surface area contributed by atoms with Crippen molar-refractivity contribution in [1.29, 1.82) is 0 Å². The first-order valence-corrected chi connectivity index (χ1v) is 11.7. The van der Waals surface area contributed by atoms with Gasteiger partial charge in [0.25, 0.3) is 0 Å². The standard InChI is InChI=1S/C24H33F3N2O2/c25-24(26,27)16-23(30)28-19-6-4-17(5-7-19)8-12-29-13-9-18(10-14-29)20-2-1-3-22-21(20)11-15-31-22/h1-3,17-19H,4-16H2,(H,28,30). The van der Waals surface area contributed by atoms with Crippen LogP contribution in [0.25, 0.3) is 0 Å². The van der Waals surface area contributed by atoms with E-state index in [4.69, 9.17) is 4.74 Å². The molecule has 0 bridgehead atoms. The van der Waals surface area contributed by atoms with Crippen LogP contribution < -0.4 is 10.1 Å². The lowest BCUT2D eigenvalue weighted by Crippen LogP contribution is -2.40. The summed E-state index contributed by atoms with van der Waals surface area (Å²) >= 11 is 0. The highest BCUT2D eigenvalue weighted by Gasteiger charge is 2.33. The van der Waals surface area contributed by atoms with Gasteiger partial charge in [-0.15, -0.1) is 0 Å². The average Bonchev–Trinajstić information content (AvgIpc) is 3.21. The van der Waals surface area contributed by atoms with Crippen LogP contribution in [0.15, 0.2) is 18.2 Å². The molecular formula is C24H33F3N2O2. The van der Waals surface area contributed by atoms with E-state index < -0.39 is 18.5 Å². The van der Waals surface area contributed by atoms with Gasteiger partial charge in [-0.3, -0.25) is 4.79 Å². The number of piperidine rings is 1.